The lowest BCUT2D eigenvalue weighted by atomic mass is 9.93. The molecule has 1 heteroatoms. The van der Waals surface area contributed by atoms with Gasteiger partial charge in [-0.3, -0.25) is 0 Å². The van der Waals surface area contributed by atoms with Gasteiger partial charge in [-0.25, -0.2) is 0 Å². The van der Waals surface area contributed by atoms with Gasteiger partial charge >= 0.3 is 0 Å². The lowest BCUT2D eigenvalue weighted by Crippen LogP contribution is -1.98. The number of hydrogen-bond acceptors (Lipinski definition) is 1. The molecule has 0 saturated heterocycles. The summed E-state index contributed by atoms with van der Waals surface area (Å²) in [5.41, 5.74) is 3.83. The van der Waals surface area contributed by atoms with E-state index in [0.29, 0.717) is 5.92 Å². The third-order valence-corrected chi connectivity index (χ3v) is 3.13. The van der Waals surface area contributed by atoms with E-state index in [-0.39, 0.29) is 6.61 Å². The summed E-state index contributed by atoms with van der Waals surface area (Å²) >= 11 is 0. The lowest BCUT2D eigenvalue weighted by molar-refractivity contribution is 0.280. The van der Waals surface area contributed by atoms with Crippen molar-refractivity contribution in [2.75, 3.05) is 0 Å². The summed E-state index contributed by atoms with van der Waals surface area (Å²) in [6, 6.07) is 6.20. The van der Waals surface area contributed by atoms with E-state index in [0.717, 1.165) is 11.5 Å². The van der Waals surface area contributed by atoms with Gasteiger partial charge in [-0.15, -0.1) is 0 Å². The van der Waals surface area contributed by atoms with Crippen molar-refractivity contribution >= 4 is 6.08 Å². The van der Waals surface area contributed by atoms with Gasteiger partial charge in [-0.2, -0.15) is 0 Å². The van der Waals surface area contributed by atoms with E-state index < -0.39 is 0 Å². The first-order valence-corrected chi connectivity index (χ1v) is 4.81. The van der Waals surface area contributed by atoms with Gasteiger partial charge in [0.05, 0.1) is 6.61 Å². The first-order chi connectivity index (χ1) is 6.40. The standard InChI is InChI=1S/C12H12O/c13-7-10-3-1-2-8-4-5-9-6-11(9)12(8)10/h1-5,9,11,13H,6-7H2/t9-,11+/m1/s1. The minimum absolute atomic E-state index is 0.181. The van der Waals surface area contributed by atoms with Crippen LogP contribution in [0.15, 0.2) is 24.3 Å². The molecule has 1 N–H and O–H groups in total. The maximum absolute atomic E-state index is 9.21. The number of benzene rings is 1. The number of allylic oxidation sites excluding steroid dienone is 1. The van der Waals surface area contributed by atoms with E-state index in [2.05, 4.69) is 18.2 Å². The molecule has 2 aliphatic rings. The normalized spacial score (nSPS) is 28.1. The Morgan fingerprint density at radius 3 is 3.15 bits per heavy atom. The van der Waals surface area contributed by atoms with Crippen molar-refractivity contribution in [1.82, 2.24) is 0 Å². The molecule has 0 aliphatic heterocycles. The van der Waals surface area contributed by atoms with Crippen LogP contribution in [0.3, 0.4) is 0 Å². The second kappa shape index (κ2) is 2.46. The van der Waals surface area contributed by atoms with Crippen LogP contribution in [0.1, 0.15) is 29.0 Å². The van der Waals surface area contributed by atoms with Gasteiger partial charge in [0.15, 0.2) is 0 Å². The molecule has 1 aromatic carbocycles. The molecule has 0 amide bonds. The minimum Gasteiger partial charge on any atom is -0.392 e. The smallest absolute Gasteiger partial charge is 0.0684 e. The van der Waals surface area contributed by atoms with E-state index in [1.54, 1.807) is 0 Å². The third kappa shape index (κ3) is 0.971. The summed E-state index contributed by atoms with van der Waals surface area (Å²) < 4.78 is 0. The summed E-state index contributed by atoms with van der Waals surface area (Å²) in [4.78, 5) is 0. The fourth-order valence-electron chi connectivity index (χ4n) is 2.35. The fraction of sp³-hybridized carbons (Fsp3) is 0.333. The average molecular weight is 172 g/mol. The maximum atomic E-state index is 9.21. The fourth-order valence-corrected chi connectivity index (χ4v) is 2.35. The Labute approximate surface area is 77.7 Å². The molecule has 0 radical (unpaired) electrons. The molecule has 1 nitrogen and oxygen atoms in total. The summed E-state index contributed by atoms with van der Waals surface area (Å²) in [7, 11) is 0. The van der Waals surface area contributed by atoms with Crippen LogP contribution in [0.25, 0.3) is 6.08 Å². The zero-order chi connectivity index (χ0) is 8.84. The molecule has 0 bridgehead atoms. The molecule has 66 valence electrons. The van der Waals surface area contributed by atoms with Gasteiger partial charge in [-0.1, -0.05) is 30.4 Å². The molecule has 0 aromatic heterocycles. The molecular weight excluding hydrogens is 160 g/mol. The number of aliphatic hydroxyl groups excluding tert-OH is 1. The van der Waals surface area contributed by atoms with Crippen LogP contribution in [-0.4, -0.2) is 5.11 Å². The quantitative estimate of drug-likeness (QED) is 0.689. The van der Waals surface area contributed by atoms with Gasteiger partial charge in [0.2, 0.25) is 0 Å². The predicted octanol–water partition coefficient (Wildman–Crippen LogP) is 2.31. The Bertz CT molecular complexity index is 379. The molecule has 0 heterocycles. The highest BCUT2D eigenvalue weighted by molar-refractivity contribution is 5.63. The number of rotatable bonds is 1. The van der Waals surface area contributed by atoms with E-state index >= 15 is 0 Å². The maximum Gasteiger partial charge on any atom is 0.0684 e. The highest BCUT2D eigenvalue weighted by Crippen LogP contribution is 2.53. The number of hydrogen-bond donors (Lipinski definition) is 1. The van der Waals surface area contributed by atoms with Crippen molar-refractivity contribution in [3.63, 3.8) is 0 Å². The summed E-state index contributed by atoms with van der Waals surface area (Å²) in [5, 5.41) is 9.21. The Balaban J connectivity index is 2.21. The second-order valence-corrected chi connectivity index (χ2v) is 3.94. The van der Waals surface area contributed by atoms with Crippen LogP contribution in [0, 0.1) is 5.92 Å². The summed E-state index contributed by atoms with van der Waals surface area (Å²) in [6.45, 7) is 0.181. The summed E-state index contributed by atoms with van der Waals surface area (Å²) in [5.74, 6) is 1.48. The molecule has 3 rings (SSSR count). The van der Waals surface area contributed by atoms with Crippen LogP contribution < -0.4 is 0 Å². The first kappa shape index (κ1) is 7.34. The second-order valence-electron chi connectivity index (χ2n) is 3.94. The highest BCUT2D eigenvalue weighted by Gasteiger charge is 2.40. The van der Waals surface area contributed by atoms with E-state index in [1.807, 2.05) is 12.1 Å². The number of fused-ring (bicyclic) bond motifs is 3. The molecule has 13 heavy (non-hydrogen) atoms. The minimum atomic E-state index is 0.181. The molecular formula is C12H12O. The van der Waals surface area contributed by atoms with Crippen LogP contribution in [-0.2, 0) is 6.61 Å². The van der Waals surface area contributed by atoms with Gasteiger partial charge in [-0.05, 0) is 34.9 Å². The highest BCUT2D eigenvalue weighted by atomic mass is 16.3. The average Bonchev–Trinajstić information content (AvgIpc) is 2.95. The van der Waals surface area contributed by atoms with Crippen molar-refractivity contribution < 1.29 is 5.11 Å². The zero-order valence-corrected chi connectivity index (χ0v) is 7.40. The Hall–Kier alpha value is -1.08. The van der Waals surface area contributed by atoms with E-state index in [4.69, 9.17) is 0 Å². The van der Waals surface area contributed by atoms with Crippen molar-refractivity contribution in [1.29, 1.82) is 0 Å². The SMILES string of the molecule is OCc1cccc2c1[C@H]1C[C@H]1C=C2. The molecule has 2 atom stereocenters. The molecule has 1 aromatic rings. The number of aliphatic hydroxyl groups is 1. The van der Waals surface area contributed by atoms with Gasteiger partial charge in [0.25, 0.3) is 0 Å². The molecule has 0 spiro atoms. The van der Waals surface area contributed by atoms with Crippen molar-refractivity contribution in [2.24, 2.45) is 5.92 Å². The van der Waals surface area contributed by atoms with Crippen LogP contribution in [0.2, 0.25) is 0 Å². The van der Waals surface area contributed by atoms with E-state index in [9.17, 15) is 5.11 Å². The Kier molecular flexibility index (Phi) is 1.39. The largest absolute Gasteiger partial charge is 0.392 e. The van der Waals surface area contributed by atoms with Crippen LogP contribution >= 0.6 is 0 Å². The Morgan fingerprint density at radius 1 is 1.38 bits per heavy atom. The van der Waals surface area contributed by atoms with Gasteiger partial charge < -0.3 is 5.11 Å². The monoisotopic (exact) mass is 172 g/mol. The molecule has 0 unspecified atom stereocenters. The van der Waals surface area contributed by atoms with Crippen molar-refractivity contribution in [3.8, 4) is 0 Å². The zero-order valence-electron chi connectivity index (χ0n) is 7.40. The van der Waals surface area contributed by atoms with Crippen LogP contribution in [0.5, 0.6) is 0 Å². The van der Waals surface area contributed by atoms with E-state index in [1.165, 1.54) is 17.5 Å². The van der Waals surface area contributed by atoms with Crippen LogP contribution in [0.4, 0.5) is 0 Å². The van der Waals surface area contributed by atoms with Crippen molar-refractivity contribution in [2.45, 2.75) is 18.9 Å². The lowest BCUT2D eigenvalue weighted by Gasteiger charge is -2.13. The molecule has 1 fully saturated rings. The first-order valence-electron chi connectivity index (χ1n) is 4.81. The van der Waals surface area contributed by atoms with Gasteiger partial charge in [0, 0.05) is 0 Å². The topological polar surface area (TPSA) is 20.2 Å². The Morgan fingerprint density at radius 2 is 2.31 bits per heavy atom. The molecule has 2 aliphatic carbocycles. The molecule has 1 saturated carbocycles. The van der Waals surface area contributed by atoms with Gasteiger partial charge in [0.1, 0.15) is 0 Å². The predicted molar refractivity (Wildman–Crippen MR) is 52.2 cm³/mol. The van der Waals surface area contributed by atoms with Crippen molar-refractivity contribution in [3.05, 3.63) is 41.0 Å². The summed E-state index contributed by atoms with van der Waals surface area (Å²) in [6.07, 6.45) is 5.78. The third-order valence-electron chi connectivity index (χ3n) is 3.13.